The second-order valence-electron chi connectivity index (χ2n) is 3.40. The Bertz CT molecular complexity index is 365. The Morgan fingerprint density at radius 3 is 2.93 bits per heavy atom. The van der Waals surface area contributed by atoms with Crippen LogP contribution < -0.4 is 10.1 Å². The van der Waals surface area contributed by atoms with Crippen molar-refractivity contribution in [1.29, 1.82) is 0 Å². The van der Waals surface area contributed by atoms with Crippen molar-refractivity contribution in [3.8, 4) is 5.75 Å². The smallest absolute Gasteiger partial charge is 0.339 e. The van der Waals surface area contributed by atoms with Gasteiger partial charge in [-0.05, 0) is 6.07 Å². The molecule has 0 bridgehead atoms. The number of rotatable bonds is 3. The van der Waals surface area contributed by atoms with Crippen molar-refractivity contribution < 1.29 is 9.53 Å². The third-order valence-corrected chi connectivity index (χ3v) is 2.44. The molecular formula is C11H13N2O2. The minimum absolute atomic E-state index is 0.124. The van der Waals surface area contributed by atoms with E-state index in [1.807, 2.05) is 24.3 Å². The van der Waals surface area contributed by atoms with Gasteiger partial charge in [-0.15, -0.1) is 0 Å². The van der Waals surface area contributed by atoms with E-state index in [1.54, 1.807) is 12.0 Å². The molecule has 2 rings (SSSR count). The Hall–Kier alpha value is -1.71. The maximum absolute atomic E-state index is 11.3. The van der Waals surface area contributed by atoms with E-state index in [4.69, 9.17) is 4.74 Å². The molecule has 1 fully saturated rings. The van der Waals surface area contributed by atoms with E-state index in [9.17, 15) is 4.79 Å². The van der Waals surface area contributed by atoms with E-state index >= 15 is 0 Å². The molecule has 0 spiro atoms. The van der Waals surface area contributed by atoms with Crippen LogP contribution >= 0.6 is 0 Å². The number of hydrogen-bond acceptors (Lipinski definition) is 2. The number of hydrogen-bond donors (Lipinski definition) is 0. The number of carbonyl (C=O) groups is 1. The van der Waals surface area contributed by atoms with Crippen LogP contribution in [0.25, 0.3) is 0 Å². The summed E-state index contributed by atoms with van der Waals surface area (Å²) in [6.07, 6.45) is 0. The third kappa shape index (κ3) is 2.03. The molecule has 1 aromatic rings. The average molecular weight is 205 g/mol. The van der Waals surface area contributed by atoms with Gasteiger partial charge in [0, 0.05) is 12.1 Å². The van der Waals surface area contributed by atoms with Gasteiger partial charge >= 0.3 is 6.03 Å². The first-order valence-electron chi connectivity index (χ1n) is 4.89. The van der Waals surface area contributed by atoms with Crippen molar-refractivity contribution in [2.24, 2.45) is 0 Å². The van der Waals surface area contributed by atoms with Crippen molar-refractivity contribution in [1.82, 2.24) is 10.2 Å². The van der Waals surface area contributed by atoms with Gasteiger partial charge in [-0.25, -0.2) is 10.1 Å². The average Bonchev–Trinajstić information content (AvgIpc) is 2.65. The van der Waals surface area contributed by atoms with Gasteiger partial charge in [-0.1, -0.05) is 18.2 Å². The van der Waals surface area contributed by atoms with Crippen LogP contribution in [-0.4, -0.2) is 31.1 Å². The van der Waals surface area contributed by atoms with Gasteiger partial charge < -0.3 is 9.64 Å². The largest absolute Gasteiger partial charge is 0.496 e. The SMILES string of the molecule is COc1ccccc1CN1CC[N]C1=O. The topological polar surface area (TPSA) is 43.6 Å². The molecular weight excluding hydrogens is 192 g/mol. The summed E-state index contributed by atoms with van der Waals surface area (Å²) in [6, 6.07) is 7.59. The lowest BCUT2D eigenvalue weighted by atomic mass is 10.2. The van der Waals surface area contributed by atoms with Crippen molar-refractivity contribution in [3.63, 3.8) is 0 Å². The molecule has 1 aliphatic rings. The summed E-state index contributed by atoms with van der Waals surface area (Å²) in [5.41, 5.74) is 1.02. The molecule has 1 saturated heterocycles. The van der Waals surface area contributed by atoms with Crippen molar-refractivity contribution in [2.75, 3.05) is 20.2 Å². The van der Waals surface area contributed by atoms with E-state index in [2.05, 4.69) is 5.32 Å². The number of para-hydroxylation sites is 1. The molecule has 0 unspecified atom stereocenters. The number of methoxy groups -OCH3 is 1. The van der Waals surface area contributed by atoms with E-state index in [0.29, 0.717) is 19.6 Å². The molecule has 0 saturated carbocycles. The second-order valence-corrected chi connectivity index (χ2v) is 3.40. The summed E-state index contributed by atoms with van der Waals surface area (Å²) in [5, 5.41) is 3.82. The van der Waals surface area contributed by atoms with Gasteiger partial charge in [0.1, 0.15) is 5.75 Å². The van der Waals surface area contributed by atoms with E-state index < -0.39 is 0 Å². The zero-order valence-corrected chi connectivity index (χ0v) is 8.64. The first kappa shape index (κ1) is 9.83. The highest BCUT2D eigenvalue weighted by molar-refractivity contribution is 5.75. The van der Waals surface area contributed by atoms with Gasteiger partial charge in [0.05, 0.1) is 20.2 Å². The van der Waals surface area contributed by atoms with Crippen LogP contribution in [0.5, 0.6) is 5.75 Å². The maximum atomic E-state index is 11.3. The normalized spacial score (nSPS) is 15.3. The molecule has 1 aliphatic heterocycles. The molecule has 15 heavy (non-hydrogen) atoms. The summed E-state index contributed by atoms with van der Waals surface area (Å²) < 4.78 is 5.22. The predicted molar refractivity (Wildman–Crippen MR) is 55.8 cm³/mol. The van der Waals surface area contributed by atoms with Crippen LogP contribution in [0.4, 0.5) is 4.79 Å². The monoisotopic (exact) mass is 205 g/mol. The first-order valence-corrected chi connectivity index (χ1v) is 4.89. The van der Waals surface area contributed by atoms with Crippen LogP contribution in [0, 0.1) is 0 Å². The summed E-state index contributed by atoms with van der Waals surface area (Å²) in [4.78, 5) is 13.0. The Morgan fingerprint density at radius 2 is 2.27 bits per heavy atom. The van der Waals surface area contributed by atoms with E-state index in [-0.39, 0.29) is 6.03 Å². The number of ether oxygens (including phenoxy) is 1. The molecule has 1 aromatic carbocycles. The first-order chi connectivity index (χ1) is 7.31. The van der Waals surface area contributed by atoms with Gasteiger partial charge in [0.15, 0.2) is 0 Å². The Kier molecular flexibility index (Phi) is 2.76. The van der Waals surface area contributed by atoms with Crippen LogP contribution in [0.1, 0.15) is 5.56 Å². The maximum Gasteiger partial charge on any atom is 0.339 e. The predicted octanol–water partition coefficient (Wildman–Crippen LogP) is 1.24. The highest BCUT2D eigenvalue weighted by Crippen LogP contribution is 2.19. The fraction of sp³-hybridized carbons (Fsp3) is 0.364. The number of amides is 2. The fourth-order valence-corrected chi connectivity index (χ4v) is 1.65. The molecule has 79 valence electrons. The summed E-state index contributed by atoms with van der Waals surface area (Å²) >= 11 is 0. The number of benzene rings is 1. The van der Waals surface area contributed by atoms with E-state index in [1.165, 1.54) is 0 Å². The summed E-state index contributed by atoms with van der Waals surface area (Å²) in [7, 11) is 1.63. The summed E-state index contributed by atoms with van der Waals surface area (Å²) in [5.74, 6) is 0.817. The number of urea groups is 1. The number of carbonyl (C=O) groups excluding carboxylic acids is 1. The van der Waals surface area contributed by atoms with Gasteiger partial charge in [-0.3, -0.25) is 0 Å². The molecule has 4 nitrogen and oxygen atoms in total. The molecule has 4 heteroatoms. The molecule has 0 aromatic heterocycles. The highest BCUT2D eigenvalue weighted by atomic mass is 16.5. The Morgan fingerprint density at radius 1 is 1.47 bits per heavy atom. The van der Waals surface area contributed by atoms with Crippen LogP contribution in [0.15, 0.2) is 24.3 Å². The zero-order chi connectivity index (χ0) is 10.7. The lowest BCUT2D eigenvalue weighted by molar-refractivity contribution is 0.214. The second kappa shape index (κ2) is 4.21. The van der Waals surface area contributed by atoms with E-state index in [0.717, 1.165) is 11.3 Å². The standard InChI is InChI=1S/C11H13N2O2/c1-15-10-5-3-2-4-9(10)8-13-7-6-12-11(13)14/h2-5H,6-8H2,1H3. The van der Waals surface area contributed by atoms with Gasteiger partial charge in [-0.2, -0.15) is 0 Å². The van der Waals surface area contributed by atoms with Crippen molar-refractivity contribution >= 4 is 6.03 Å². The Balaban J connectivity index is 2.12. The molecule has 1 radical (unpaired) electrons. The molecule has 0 atom stereocenters. The van der Waals surface area contributed by atoms with Crippen LogP contribution in [0.2, 0.25) is 0 Å². The summed E-state index contributed by atoms with van der Waals surface area (Å²) in [6.45, 7) is 1.89. The van der Waals surface area contributed by atoms with Crippen LogP contribution in [0.3, 0.4) is 0 Å². The van der Waals surface area contributed by atoms with Crippen molar-refractivity contribution in [3.05, 3.63) is 29.8 Å². The molecule has 0 N–H and O–H groups in total. The lowest BCUT2D eigenvalue weighted by Crippen LogP contribution is -2.25. The number of nitrogens with zero attached hydrogens (tertiary/aromatic N) is 2. The van der Waals surface area contributed by atoms with Gasteiger partial charge in [0.2, 0.25) is 0 Å². The molecule has 1 heterocycles. The Labute approximate surface area is 88.8 Å². The molecule has 0 aliphatic carbocycles. The quantitative estimate of drug-likeness (QED) is 0.745. The minimum atomic E-state index is -0.124. The minimum Gasteiger partial charge on any atom is -0.496 e. The third-order valence-electron chi connectivity index (χ3n) is 2.44. The molecule has 2 amide bonds. The van der Waals surface area contributed by atoms with Gasteiger partial charge in [0.25, 0.3) is 0 Å². The fourth-order valence-electron chi connectivity index (χ4n) is 1.65. The van der Waals surface area contributed by atoms with Crippen LogP contribution in [-0.2, 0) is 6.54 Å². The zero-order valence-electron chi connectivity index (χ0n) is 8.64. The highest BCUT2D eigenvalue weighted by Gasteiger charge is 2.22. The van der Waals surface area contributed by atoms with Crippen molar-refractivity contribution in [2.45, 2.75) is 6.54 Å². The lowest BCUT2D eigenvalue weighted by Gasteiger charge is -2.15.